The van der Waals surface area contributed by atoms with Gasteiger partial charge in [-0.3, -0.25) is 0 Å². The average Bonchev–Trinajstić information content (AvgIpc) is 2.70. The van der Waals surface area contributed by atoms with E-state index in [-0.39, 0.29) is 0 Å². The fourth-order valence-corrected chi connectivity index (χ4v) is 1.27. The topological polar surface area (TPSA) is 64.9 Å². The predicted molar refractivity (Wildman–Crippen MR) is 52.4 cm³/mol. The van der Waals surface area contributed by atoms with Crippen molar-refractivity contribution in [1.82, 2.24) is 9.97 Å². The van der Waals surface area contributed by atoms with Crippen molar-refractivity contribution in [3.8, 4) is 11.5 Å². The van der Waals surface area contributed by atoms with Crippen LogP contribution in [0.25, 0.3) is 11.5 Å². The van der Waals surface area contributed by atoms with Gasteiger partial charge in [-0.1, -0.05) is 0 Å². The fourth-order valence-electron chi connectivity index (χ4n) is 1.27. The Bertz CT molecular complexity index is 423. The van der Waals surface area contributed by atoms with E-state index in [0.717, 1.165) is 17.0 Å². The van der Waals surface area contributed by atoms with E-state index in [1.807, 2.05) is 19.1 Å². The highest BCUT2D eigenvalue weighted by Gasteiger charge is 2.08. The molecule has 0 atom stereocenters. The molecule has 0 aliphatic rings. The van der Waals surface area contributed by atoms with Gasteiger partial charge in [0.15, 0.2) is 5.76 Å². The van der Waals surface area contributed by atoms with Crippen LogP contribution in [0.4, 0.5) is 0 Å². The van der Waals surface area contributed by atoms with Crippen molar-refractivity contribution in [2.45, 2.75) is 13.5 Å². The number of hydrogen-bond donors (Lipinski definition) is 1. The van der Waals surface area contributed by atoms with E-state index in [2.05, 4.69) is 9.97 Å². The molecule has 72 valence electrons. The normalized spacial score (nSPS) is 10.4. The van der Waals surface area contributed by atoms with Gasteiger partial charge in [0.05, 0.1) is 6.26 Å². The molecule has 0 aliphatic carbocycles. The monoisotopic (exact) mass is 189 g/mol. The smallest absolute Gasteiger partial charge is 0.152 e. The Morgan fingerprint density at radius 2 is 2.36 bits per heavy atom. The number of nitrogens with zero attached hydrogens (tertiary/aromatic N) is 2. The molecule has 0 radical (unpaired) electrons. The van der Waals surface area contributed by atoms with E-state index < -0.39 is 0 Å². The molecule has 0 saturated heterocycles. The van der Waals surface area contributed by atoms with Crippen LogP contribution in [0.5, 0.6) is 0 Å². The van der Waals surface area contributed by atoms with Crippen LogP contribution in [0.3, 0.4) is 0 Å². The Hall–Kier alpha value is -1.68. The first-order chi connectivity index (χ1) is 6.81. The lowest BCUT2D eigenvalue weighted by Gasteiger charge is -2.03. The van der Waals surface area contributed by atoms with Gasteiger partial charge >= 0.3 is 0 Å². The number of nitrogens with two attached hydrogens (primary N) is 1. The summed E-state index contributed by atoms with van der Waals surface area (Å²) in [6.45, 7) is 2.25. The molecular formula is C10H11N3O. The van der Waals surface area contributed by atoms with E-state index >= 15 is 0 Å². The molecule has 0 aliphatic heterocycles. The molecule has 0 spiro atoms. The molecule has 4 nitrogen and oxygen atoms in total. The summed E-state index contributed by atoms with van der Waals surface area (Å²) < 4.78 is 5.27. The number of rotatable bonds is 2. The Labute approximate surface area is 81.8 Å². The van der Waals surface area contributed by atoms with Crippen molar-refractivity contribution >= 4 is 0 Å². The van der Waals surface area contributed by atoms with Crippen LogP contribution in [-0.4, -0.2) is 9.97 Å². The molecule has 0 aromatic carbocycles. The van der Waals surface area contributed by atoms with Crippen molar-refractivity contribution in [3.63, 3.8) is 0 Å². The van der Waals surface area contributed by atoms with Gasteiger partial charge in [-0.25, -0.2) is 9.97 Å². The van der Waals surface area contributed by atoms with Crippen molar-refractivity contribution in [1.29, 1.82) is 0 Å². The lowest BCUT2D eigenvalue weighted by Crippen LogP contribution is -2.03. The first-order valence-corrected chi connectivity index (χ1v) is 4.37. The maximum absolute atomic E-state index is 5.59. The van der Waals surface area contributed by atoms with Gasteiger partial charge in [0, 0.05) is 18.3 Å². The summed E-state index contributed by atoms with van der Waals surface area (Å²) in [5.41, 5.74) is 7.26. The maximum atomic E-state index is 5.59. The lowest BCUT2D eigenvalue weighted by molar-refractivity contribution is 0.578. The van der Waals surface area contributed by atoms with Crippen LogP contribution < -0.4 is 5.73 Å². The number of aryl methyl sites for hydroxylation is 1. The molecule has 2 heterocycles. The van der Waals surface area contributed by atoms with Crippen molar-refractivity contribution in [3.05, 3.63) is 36.0 Å². The Kier molecular flexibility index (Phi) is 2.28. The molecule has 2 N–H and O–H groups in total. The van der Waals surface area contributed by atoms with Gasteiger partial charge in [-0.2, -0.15) is 0 Å². The quantitative estimate of drug-likeness (QED) is 0.777. The van der Waals surface area contributed by atoms with E-state index in [1.54, 1.807) is 12.5 Å². The van der Waals surface area contributed by atoms with Gasteiger partial charge in [0.25, 0.3) is 0 Å². The minimum atomic E-state index is 0.413. The number of hydrogen-bond acceptors (Lipinski definition) is 4. The zero-order chi connectivity index (χ0) is 9.97. The third kappa shape index (κ3) is 1.52. The van der Waals surface area contributed by atoms with Crippen LogP contribution in [0.2, 0.25) is 0 Å². The second-order valence-electron chi connectivity index (χ2n) is 2.97. The minimum Gasteiger partial charge on any atom is -0.463 e. The molecule has 2 aromatic rings. The molecule has 2 rings (SSSR count). The molecular weight excluding hydrogens is 178 g/mol. The molecule has 0 saturated carbocycles. The van der Waals surface area contributed by atoms with Gasteiger partial charge in [0.2, 0.25) is 0 Å². The van der Waals surface area contributed by atoms with Crippen LogP contribution in [0.15, 0.2) is 29.0 Å². The standard InChI is InChI=1S/C10H11N3O/c1-7-12-6-8(5-11)10(13-7)9-3-2-4-14-9/h2-4,6H,5,11H2,1H3. The summed E-state index contributed by atoms with van der Waals surface area (Å²) in [5, 5.41) is 0. The van der Waals surface area contributed by atoms with Crippen LogP contribution in [0.1, 0.15) is 11.4 Å². The number of aromatic nitrogens is 2. The summed E-state index contributed by atoms with van der Waals surface area (Å²) in [5.74, 6) is 1.45. The molecule has 14 heavy (non-hydrogen) atoms. The Morgan fingerprint density at radius 1 is 1.50 bits per heavy atom. The largest absolute Gasteiger partial charge is 0.463 e. The minimum absolute atomic E-state index is 0.413. The summed E-state index contributed by atoms with van der Waals surface area (Å²) in [4.78, 5) is 8.39. The highest BCUT2D eigenvalue weighted by molar-refractivity contribution is 5.56. The molecule has 0 unspecified atom stereocenters. The summed E-state index contributed by atoms with van der Waals surface area (Å²) in [7, 11) is 0. The zero-order valence-corrected chi connectivity index (χ0v) is 7.90. The number of furan rings is 1. The zero-order valence-electron chi connectivity index (χ0n) is 7.90. The van der Waals surface area contributed by atoms with E-state index in [0.29, 0.717) is 12.4 Å². The van der Waals surface area contributed by atoms with Gasteiger partial charge in [-0.15, -0.1) is 0 Å². The first-order valence-electron chi connectivity index (χ1n) is 4.37. The molecule has 0 bridgehead atoms. The Balaban J connectivity index is 2.55. The van der Waals surface area contributed by atoms with Crippen molar-refractivity contribution in [2.24, 2.45) is 5.73 Å². The van der Waals surface area contributed by atoms with E-state index in [9.17, 15) is 0 Å². The van der Waals surface area contributed by atoms with Crippen LogP contribution in [-0.2, 0) is 6.54 Å². The van der Waals surface area contributed by atoms with E-state index in [4.69, 9.17) is 10.2 Å². The average molecular weight is 189 g/mol. The highest BCUT2D eigenvalue weighted by atomic mass is 16.3. The molecule has 0 amide bonds. The first kappa shape index (κ1) is 8.90. The van der Waals surface area contributed by atoms with Crippen LogP contribution >= 0.6 is 0 Å². The molecule has 4 heteroatoms. The van der Waals surface area contributed by atoms with Gasteiger partial charge in [-0.05, 0) is 19.1 Å². The third-order valence-corrected chi connectivity index (χ3v) is 1.96. The third-order valence-electron chi connectivity index (χ3n) is 1.96. The molecule has 2 aromatic heterocycles. The van der Waals surface area contributed by atoms with E-state index in [1.165, 1.54) is 0 Å². The van der Waals surface area contributed by atoms with Gasteiger partial charge < -0.3 is 10.2 Å². The van der Waals surface area contributed by atoms with Crippen LogP contribution in [0, 0.1) is 6.92 Å². The van der Waals surface area contributed by atoms with Gasteiger partial charge in [0.1, 0.15) is 11.5 Å². The SMILES string of the molecule is Cc1ncc(CN)c(-c2ccco2)n1. The predicted octanol–water partition coefficient (Wildman–Crippen LogP) is 1.50. The Morgan fingerprint density at radius 3 is 3.00 bits per heavy atom. The second-order valence-corrected chi connectivity index (χ2v) is 2.97. The summed E-state index contributed by atoms with van der Waals surface area (Å²) in [6, 6.07) is 3.69. The summed E-state index contributed by atoms with van der Waals surface area (Å²) in [6.07, 6.45) is 3.35. The fraction of sp³-hybridized carbons (Fsp3) is 0.200. The molecule has 0 fully saturated rings. The highest BCUT2D eigenvalue weighted by Crippen LogP contribution is 2.20. The second kappa shape index (κ2) is 3.59. The maximum Gasteiger partial charge on any atom is 0.152 e. The van der Waals surface area contributed by atoms with Crippen molar-refractivity contribution in [2.75, 3.05) is 0 Å². The van der Waals surface area contributed by atoms with Crippen molar-refractivity contribution < 1.29 is 4.42 Å². The summed E-state index contributed by atoms with van der Waals surface area (Å²) >= 11 is 0. The lowest BCUT2D eigenvalue weighted by atomic mass is 10.2.